The molecule has 1 aliphatic carbocycles. The average molecular weight is 559 g/mol. The van der Waals surface area contributed by atoms with Gasteiger partial charge >= 0.3 is 18.0 Å². The first-order valence-electron chi connectivity index (χ1n) is 12.5. The molecule has 0 saturated carbocycles. The van der Waals surface area contributed by atoms with Crippen molar-refractivity contribution in [3.05, 3.63) is 59.7 Å². The van der Waals surface area contributed by atoms with Gasteiger partial charge in [-0.1, -0.05) is 48.5 Å². The molecule has 13 heteroatoms. The number of fused-ring (bicyclic) bond motifs is 3. The number of hydrogen-bond donors (Lipinski definition) is 6. The van der Waals surface area contributed by atoms with Crippen LogP contribution in [-0.4, -0.2) is 104 Å². The molecule has 40 heavy (non-hydrogen) atoms. The van der Waals surface area contributed by atoms with Crippen LogP contribution in [0.25, 0.3) is 11.1 Å². The number of carbonyl (C=O) groups is 4. The minimum atomic E-state index is -2.06. The SMILES string of the molecule is CC(=O)N[C@@H]1[C@@H](O)[C@H](O)[C@@H](CO)O[C@H]1N(C(=O)OCC1c2ccccc2-c2ccccc21)[C@@H](CC(=O)O)C(=O)O. The largest absolute Gasteiger partial charge is 0.481 e. The van der Waals surface area contributed by atoms with E-state index in [1.165, 1.54) is 0 Å². The molecule has 1 aliphatic heterocycles. The Labute approximate surface area is 228 Å². The Balaban J connectivity index is 1.70. The van der Waals surface area contributed by atoms with Gasteiger partial charge in [-0.2, -0.15) is 0 Å². The fourth-order valence-corrected chi connectivity index (χ4v) is 5.27. The molecule has 2 aliphatic rings. The third kappa shape index (κ3) is 5.63. The van der Waals surface area contributed by atoms with Crippen molar-refractivity contribution >= 4 is 23.9 Å². The standard InChI is InChI=1S/C27H30N2O11/c1-13(31)28-22-24(35)23(34)20(11-30)40-25(22)29(19(26(36)37)10-21(32)33)27(38)39-12-18-16-8-4-2-6-14(16)15-7-3-5-9-17(15)18/h2-9,18-20,22-25,30,34-35H,10-12H2,1H3,(H,28,31)(H,32,33)(H,36,37)/t19-,20+,22+,23+,24+,25+/m0/s1. The smallest absolute Gasteiger partial charge is 0.412 e. The van der Waals surface area contributed by atoms with Gasteiger partial charge in [-0.25, -0.2) is 9.59 Å². The summed E-state index contributed by atoms with van der Waals surface area (Å²) < 4.78 is 11.2. The van der Waals surface area contributed by atoms with Crippen LogP contribution in [0.1, 0.15) is 30.4 Å². The van der Waals surface area contributed by atoms with Gasteiger partial charge in [0.05, 0.1) is 13.0 Å². The zero-order valence-electron chi connectivity index (χ0n) is 21.4. The molecule has 0 bridgehead atoms. The summed E-state index contributed by atoms with van der Waals surface area (Å²) in [6.45, 7) is -0.0104. The second-order valence-corrected chi connectivity index (χ2v) is 9.62. The summed E-state index contributed by atoms with van der Waals surface area (Å²) >= 11 is 0. The summed E-state index contributed by atoms with van der Waals surface area (Å²) in [5, 5.41) is 52.4. The Hall–Kier alpha value is -4.04. The number of carboxylic acid groups (broad SMARTS) is 2. The topological polar surface area (TPSA) is 203 Å². The van der Waals surface area contributed by atoms with Gasteiger partial charge in [0.2, 0.25) is 5.91 Å². The van der Waals surface area contributed by atoms with Gasteiger partial charge in [0.15, 0.2) is 6.23 Å². The van der Waals surface area contributed by atoms with Gasteiger partial charge in [0.1, 0.15) is 37.0 Å². The Kier molecular flexibility index (Phi) is 8.69. The second kappa shape index (κ2) is 12.0. The molecule has 2 amide bonds. The van der Waals surface area contributed by atoms with Crippen LogP contribution in [0.15, 0.2) is 48.5 Å². The van der Waals surface area contributed by atoms with E-state index in [-0.39, 0.29) is 6.61 Å². The number of ether oxygens (including phenoxy) is 2. The van der Waals surface area contributed by atoms with Crippen molar-refractivity contribution < 1.29 is 54.2 Å². The predicted molar refractivity (Wildman–Crippen MR) is 136 cm³/mol. The highest BCUT2D eigenvalue weighted by atomic mass is 16.6. The Morgan fingerprint density at radius 1 is 0.975 bits per heavy atom. The molecule has 0 unspecified atom stereocenters. The van der Waals surface area contributed by atoms with E-state index in [1.807, 2.05) is 48.5 Å². The Morgan fingerprint density at radius 2 is 1.55 bits per heavy atom. The molecular formula is C27H30N2O11. The van der Waals surface area contributed by atoms with Crippen molar-refractivity contribution in [1.82, 2.24) is 10.2 Å². The molecule has 6 N–H and O–H groups in total. The molecule has 0 radical (unpaired) electrons. The van der Waals surface area contributed by atoms with Crippen molar-refractivity contribution in [2.24, 2.45) is 0 Å². The van der Waals surface area contributed by atoms with Crippen molar-refractivity contribution in [1.29, 1.82) is 0 Å². The number of carbonyl (C=O) groups excluding carboxylic acids is 2. The van der Waals surface area contributed by atoms with Crippen molar-refractivity contribution in [2.75, 3.05) is 13.2 Å². The van der Waals surface area contributed by atoms with Crippen LogP contribution in [0.4, 0.5) is 4.79 Å². The number of amides is 2. The first-order chi connectivity index (χ1) is 19.0. The Morgan fingerprint density at radius 3 is 2.05 bits per heavy atom. The average Bonchev–Trinajstić information content (AvgIpc) is 3.24. The molecule has 4 rings (SSSR count). The maximum Gasteiger partial charge on any atom is 0.412 e. The lowest BCUT2D eigenvalue weighted by Gasteiger charge is -2.47. The van der Waals surface area contributed by atoms with Crippen molar-refractivity contribution in [3.63, 3.8) is 0 Å². The van der Waals surface area contributed by atoms with Gasteiger partial charge in [-0.15, -0.1) is 0 Å². The summed E-state index contributed by atoms with van der Waals surface area (Å²) in [5.74, 6) is -4.42. The zero-order chi connectivity index (χ0) is 29.1. The number of aliphatic hydroxyl groups excluding tert-OH is 3. The lowest BCUT2D eigenvalue weighted by atomic mass is 9.94. The first-order valence-corrected chi connectivity index (χ1v) is 12.5. The van der Waals surface area contributed by atoms with E-state index in [2.05, 4.69) is 5.32 Å². The quantitative estimate of drug-likeness (QED) is 0.244. The Bertz CT molecular complexity index is 1240. The summed E-state index contributed by atoms with van der Waals surface area (Å²) in [5.41, 5.74) is 3.61. The van der Waals surface area contributed by atoms with Crippen LogP contribution in [0.2, 0.25) is 0 Å². The van der Waals surface area contributed by atoms with Crippen molar-refractivity contribution in [2.45, 2.75) is 55.9 Å². The molecule has 0 spiro atoms. The van der Waals surface area contributed by atoms with Crippen LogP contribution in [0.3, 0.4) is 0 Å². The fraction of sp³-hybridized carbons (Fsp3) is 0.407. The number of benzene rings is 2. The summed E-state index contributed by atoms with van der Waals surface area (Å²) in [6.07, 6.45) is -9.22. The molecule has 214 valence electrons. The van der Waals surface area contributed by atoms with E-state index in [4.69, 9.17) is 9.47 Å². The van der Waals surface area contributed by atoms with Crippen LogP contribution in [0.5, 0.6) is 0 Å². The molecule has 1 saturated heterocycles. The van der Waals surface area contributed by atoms with Gasteiger partial charge in [0, 0.05) is 12.8 Å². The lowest BCUT2D eigenvalue weighted by Crippen LogP contribution is -2.70. The number of nitrogens with zero attached hydrogens (tertiary/aromatic N) is 1. The number of aliphatic carboxylic acids is 2. The maximum atomic E-state index is 13.6. The number of rotatable bonds is 9. The predicted octanol–water partition coefficient (Wildman–Crippen LogP) is 0.109. The van der Waals surface area contributed by atoms with Crippen LogP contribution < -0.4 is 5.32 Å². The first kappa shape index (κ1) is 29.0. The van der Waals surface area contributed by atoms with E-state index in [0.29, 0.717) is 4.90 Å². The fourth-order valence-electron chi connectivity index (χ4n) is 5.27. The van der Waals surface area contributed by atoms with Gasteiger partial charge in [-0.05, 0) is 22.3 Å². The van der Waals surface area contributed by atoms with Gasteiger partial charge in [0.25, 0.3) is 0 Å². The van der Waals surface area contributed by atoms with Gasteiger partial charge in [-0.3, -0.25) is 14.5 Å². The number of aliphatic hydroxyl groups is 3. The molecule has 0 aromatic heterocycles. The zero-order valence-corrected chi connectivity index (χ0v) is 21.4. The third-order valence-corrected chi connectivity index (χ3v) is 7.08. The third-order valence-electron chi connectivity index (χ3n) is 7.08. The maximum absolute atomic E-state index is 13.6. The van der Waals surface area contributed by atoms with E-state index < -0.39 is 79.5 Å². The minimum absolute atomic E-state index is 0.255. The summed E-state index contributed by atoms with van der Waals surface area (Å²) in [4.78, 5) is 49.8. The molecule has 2 aromatic carbocycles. The molecule has 13 nitrogen and oxygen atoms in total. The van der Waals surface area contributed by atoms with Crippen molar-refractivity contribution in [3.8, 4) is 11.1 Å². The van der Waals surface area contributed by atoms with E-state index in [9.17, 15) is 44.7 Å². The normalized spacial score (nSPS) is 24.4. The van der Waals surface area contributed by atoms with E-state index in [1.54, 1.807) is 0 Å². The molecule has 2 aromatic rings. The highest BCUT2D eigenvalue weighted by Gasteiger charge is 2.51. The molecular weight excluding hydrogens is 528 g/mol. The summed E-state index contributed by atoms with van der Waals surface area (Å²) in [6, 6.07) is 11.3. The van der Waals surface area contributed by atoms with Gasteiger partial charge < -0.3 is 40.3 Å². The lowest BCUT2D eigenvalue weighted by molar-refractivity contribution is -0.232. The minimum Gasteiger partial charge on any atom is -0.481 e. The number of hydrogen-bond acceptors (Lipinski definition) is 9. The molecule has 1 heterocycles. The van der Waals surface area contributed by atoms with Crippen LogP contribution >= 0.6 is 0 Å². The van der Waals surface area contributed by atoms with Crippen LogP contribution in [0, 0.1) is 0 Å². The molecule has 6 atom stereocenters. The second-order valence-electron chi connectivity index (χ2n) is 9.62. The van der Waals surface area contributed by atoms with E-state index in [0.717, 1.165) is 29.2 Å². The van der Waals surface area contributed by atoms with E-state index >= 15 is 0 Å². The van der Waals surface area contributed by atoms with Crippen LogP contribution in [-0.2, 0) is 23.9 Å². The summed E-state index contributed by atoms with van der Waals surface area (Å²) in [7, 11) is 0. The molecule has 1 fully saturated rings. The highest BCUT2D eigenvalue weighted by molar-refractivity contribution is 5.85. The number of nitrogens with one attached hydrogen (secondary N) is 1. The number of carboxylic acids is 2. The highest BCUT2D eigenvalue weighted by Crippen LogP contribution is 2.44. The monoisotopic (exact) mass is 558 g/mol.